The number of carbonyl (C=O) groups is 2. The molecule has 2 aliphatic heterocycles. The van der Waals surface area contributed by atoms with Crippen LogP contribution < -0.4 is 14.8 Å². The average molecular weight is 376 g/mol. The van der Waals surface area contributed by atoms with E-state index in [1.165, 1.54) is 14.2 Å². The number of halogens is 1. The second-order valence-electron chi connectivity index (χ2n) is 6.03. The van der Waals surface area contributed by atoms with Crippen LogP contribution in [0.15, 0.2) is 41.6 Å². The van der Waals surface area contributed by atoms with Crippen molar-refractivity contribution in [3.63, 3.8) is 0 Å². The Hall–Kier alpha value is -2.80. The van der Waals surface area contributed by atoms with Gasteiger partial charge in [0.05, 0.1) is 31.4 Å². The van der Waals surface area contributed by atoms with Crippen molar-refractivity contribution in [2.75, 3.05) is 19.5 Å². The molecule has 8 heteroatoms. The van der Waals surface area contributed by atoms with Crippen LogP contribution in [0.5, 0.6) is 11.5 Å². The fraction of sp³-hybridized carbons (Fsp3) is 0.278. The van der Waals surface area contributed by atoms with E-state index in [1.54, 1.807) is 48.4 Å². The van der Waals surface area contributed by atoms with Gasteiger partial charge in [0, 0.05) is 18.3 Å². The monoisotopic (exact) mass is 375 g/mol. The number of fused-ring (bicyclic) bond motifs is 1. The summed E-state index contributed by atoms with van der Waals surface area (Å²) in [5.74, 6) is 0.492. The lowest BCUT2D eigenvalue weighted by Gasteiger charge is -2.41. The number of aliphatic imine (C=N–C) groups is 1. The molecule has 0 fully saturated rings. The van der Waals surface area contributed by atoms with Gasteiger partial charge in [-0.3, -0.25) is 9.59 Å². The molecule has 26 heavy (non-hydrogen) atoms. The Morgan fingerprint density at radius 1 is 1.27 bits per heavy atom. The van der Waals surface area contributed by atoms with E-state index in [0.717, 1.165) is 0 Å². The number of nitrogens with zero attached hydrogens (tertiary/aromatic N) is 2. The first kappa shape index (κ1) is 18.0. The SMILES string of the molecule is COc1cc(NC(=O)C2(C)CC(=O)N=C3C=CC=CN32)c(OC)cc1Cl. The number of rotatable bonds is 4. The maximum atomic E-state index is 13.1. The van der Waals surface area contributed by atoms with Crippen molar-refractivity contribution < 1.29 is 19.1 Å². The average Bonchev–Trinajstić information content (AvgIpc) is 2.62. The molecule has 0 saturated heterocycles. The molecule has 0 bridgehead atoms. The highest BCUT2D eigenvalue weighted by molar-refractivity contribution is 6.32. The van der Waals surface area contributed by atoms with Gasteiger partial charge in [-0.2, -0.15) is 4.99 Å². The lowest BCUT2D eigenvalue weighted by atomic mass is 9.91. The van der Waals surface area contributed by atoms with Gasteiger partial charge in [-0.05, 0) is 19.1 Å². The van der Waals surface area contributed by atoms with Crippen LogP contribution >= 0.6 is 11.6 Å². The number of amidine groups is 1. The highest BCUT2D eigenvalue weighted by Gasteiger charge is 2.45. The molecule has 7 nitrogen and oxygen atoms in total. The molecule has 0 aromatic heterocycles. The van der Waals surface area contributed by atoms with E-state index >= 15 is 0 Å². The lowest BCUT2D eigenvalue weighted by molar-refractivity contribution is -0.130. The predicted octanol–water partition coefficient (Wildman–Crippen LogP) is 2.77. The highest BCUT2D eigenvalue weighted by Crippen LogP contribution is 2.37. The zero-order valence-electron chi connectivity index (χ0n) is 14.6. The number of amides is 2. The molecule has 1 unspecified atom stereocenters. The van der Waals surface area contributed by atoms with Gasteiger partial charge >= 0.3 is 0 Å². The molecule has 1 atom stereocenters. The van der Waals surface area contributed by atoms with Crippen LogP contribution in [-0.4, -0.2) is 42.3 Å². The maximum absolute atomic E-state index is 13.1. The Morgan fingerprint density at radius 3 is 2.69 bits per heavy atom. The molecule has 0 aliphatic carbocycles. The number of anilines is 1. The summed E-state index contributed by atoms with van der Waals surface area (Å²) in [6, 6.07) is 3.13. The van der Waals surface area contributed by atoms with Gasteiger partial charge in [-0.25, -0.2) is 0 Å². The first-order valence-corrected chi connectivity index (χ1v) is 8.25. The third kappa shape index (κ3) is 3.06. The summed E-state index contributed by atoms with van der Waals surface area (Å²) in [6.45, 7) is 1.69. The van der Waals surface area contributed by atoms with Gasteiger partial charge in [0.15, 0.2) is 0 Å². The second kappa shape index (κ2) is 6.84. The standard InChI is InChI=1S/C18H18ClN3O4/c1-18(10-16(23)21-15-6-4-5-7-22(15)18)17(24)20-12-9-13(25-2)11(19)8-14(12)26-3/h4-9H,10H2,1-3H3,(H,20,24). The number of ether oxygens (including phenoxy) is 2. The Morgan fingerprint density at radius 2 is 2.00 bits per heavy atom. The van der Waals surface area contributed by atoms with Crippen LogP contribution in [0.3, 0.4) is 0 Å². The molecule has 1 aromatic rings. The van der Waals surface area contributed by atoms with Gasteiger partial charge in [-0.1, -0.05) is 17.7 Å². The van der Waals surface area contributed by atoms with Crippen molar-refractivity contribution in [1.82, 2.24) is 4.90 Å². The smallest absolute Gasteiger partial charge is 0.251 e. The van der Waals surface area contributed by atoms with E-state index in [9.17, 15) is 9.59 Å². The minimum Gasteiger partial charge on any atom is -0.495 e. The summed E-state index contributed by atoms with van der Waals surface area (Å²) < 4.78 is 10.5. The quantitative estimate of drug-likeness (QED) is 0.875. The number of hydrogen-bond acceptors (Lipinski definition) is 5. The molecule has 0 radical (unpaired) electrons. The third-order valence-corrected chi connectivity index (χ3v) is 4.61. The minimum absolute atomic E-state index is 0.0481. The summed E-state index contributed by atoms with van der Waals surface area (Å²) in [5.41, 5.74) is -0.735. The number of hydrogen-bond donors (Lipinski definition) is 1. The van der Waals surface area contributed by atoms with Crippen LogP contribution in [0.25, 0.3) is 0 Å². The molecule has 2 aliphatic rings. The van der Waals surface area contributed by atoms with E-state index in [2.05, 4.69) is 10.3 Å². The Bertz CT molecular complexity index is 862. The minimum atomic E-state index is -1.13. The van der Waals surface area contributed by atoms with Crippen LogP contribution in [-0.2, 0) is 9.59 Å². The van der Waals surface area contributed by atoms with E-state index in [1.807, 2.05) is 0 Å². The van der Waals surface area contributed by atoms with Gasteiger partial charge in [-0.15, -0.1) is 0 Å². The molecule has 0 spiro atoms. The predicted molar refractivity (Wildman–Crippen MR) is 98.8 cm³/mol. The van der Waals surface area contributed by atoms with Crippen LogP contribution in [0.2, 0.25) is 5.02 Å². The summed E-state index contributed by atoms with van der Waals surface area (Å²) in [4.78, 5) is 30.8. The van der Waals surface area contributed by atoms with E-state index in [-0.39, 0.29) is 18.2 Å². The van der Waals surface area contributed by atoms with Crippen molar-refractivity contribution >= 4 is 34.9 Å². The second-order valence-corrected chi connectivity index (χ2v) is 6.43. The van der Waals surface area contributed by atoms with Crippen LogP contribution in [0.4, 0.5) is 5.69 Å². The van der Waals surface area contributed by atoms with E-state index < -0.39 is 5.54 Å². The van der Waals surface area contributed by atoms with E-state index in [0.29, 0.717) is 28.0 Å². The molecular formula is C18H18ClN3O4. The third-order valence-electron chi connectivity index (χ3n) is 4.32. The zero-order chi connectivity index (χ0) is 18.9. The zero-order valence-corrected chi connectivity index (χ0v) is 15.3. The van der Waals surface area contributed by atoms with Crippen LogP contribution in [0, 0.1) is 0 Å². The molecule has 1 aromatic carbocycles. The number of carbonyl (C=O) groups excluding carboxylic acids is 2. The Kier molecular flexibility index (Phi) is 4.73. The normalized spacial score (nSPS) is 21.2. The van der Waals surface area contributed by atoms with Crippen molar-refractivity contribution in [2.24, 2.45) is 4.99 Å². The van der Waals surface area contributed by atoms with Crippen LogP contribution in [0.1, 0.15) is 13.3 Å². The largest absolute Gasteiger partial charge is 0.495 e. The van der Waals surface area contributed by atoms with Gasteiger partial charge in [0.1, 0.15) is 22.9 Å². The molecule has 2 heterocycles. The summed E-state index contributed by atoms with van der Waals surface area (Å²) in [5, 5.41) is 3.18. The fourth-order valence-electron chi connectivity index (χ4n) is 2.89. The summed E-state index contributed by atoms with van der Waals surface area (Å²) in [7, 11) is 2.95. The summed E-state index contributed by atoms with van der Waals surface area (Å²) in [6.07, 6.45) is 6.91. The van der Waals surface area contributed by atoms with Crippen molar-refractivity contribution in [1.29, 1.82) is 0 Å². The first-order valence-electron chi connectivity index (χ1n) is 7.88. The van der Waals surface area contributed by atoms with Gasteiger partial charge in [0.2, 0.25) is 0 Å². The first-order chi connectivity index (χ1) is 12.4. The van der Waals surface area contributed by atoms with Crippen molar-refractivity contribution in [3.05, 3.63) is 41.6 Å². The van der Waals surface area contributed by atoms with Gasteiger partial charge < -0.3 is 19.7 Å². The lowest BCUT2D eigenvalue weighted by Crippen LogP contribution is -2.58. The van der Waals surface area contributed by atoms with Crippen molar-refractivity contribution in [3.8, 4) is 11.5 Å². The number of benzene rings is 1. The van der Waals surface area contributed by atoms with E-state index in [4.69, 9.17) is 21.1 Å². The molecule has 3 rings (SSSR count). The molecule has 2 amide bonds. The number of allylic oxidation sites excluding steroid dienone is 2. The number of methoxy groups -OCH3 is 2. The molecular weight excluding hydrogens is 358 g/mol. The number of nitrogens with one attached hydrogen (secondary N) is 1. The highest BCUT2D eigenvalue weighted by atomic mass is 35.5. The Balaban J connectivity index is 1.95. The fourth-order valence-corrected chi connectivity index (χ4v) is 3.13. The Labute approximate surface area is 155 Å². The topological polar surface area (TPSA) is 80.2 Å². The van der Waals surface area contributed by atoms with Crippen molar-refractivity contribution in [2.45, 2.75) is 18.9 Å². The molecule has 0 saturated carbocycles. The maximum Gasteiger partial charge on any atom is 0.251 e. The summed E-state index contributed by atoms with van der Waals surface area (Å²) >= 11 is 6.10. The molecule has 136 valence electrons. The van der Waals surface area contributed by atoms with Gasteiger partial charge in [0.25, 0.3) is 11.8 Å². The molecule has 1 N–H and O–H groups in total.